The van der Waals surface area contributed by atoms with Gasteiger partial charge >= 0.3 is 0 Å². The van der Waals surface area contributed by atoms with Crippen molar-refractivity contribution in [2.45, 2.75) is 72.6 Å². The van der Waals surface area contributed by atoms with E-state index in [4.69, 9.17) is 13.8 Å². The first-order valence-electron chi connectivity index (χ1n) is 24.8. The Labute approximate surface area is 410 Å². The smallest absolute Gasteiger partial charge is 0.268 e. The largest absolute Gasteiger partial charge is 0.510 e. The maximum absolute atomic E-state index is 9.19. The predicted molar refractivity (Wildman–Crippen MR) is 267 cm³/mol. The summed E-state index contributed by atoms with van der Waals surface area (Å²) in [5.74, 6) is 2.31. The maximum Gasteiger partial charge on any atom is 0.268 e. The van der Waals surface area contributed by atoms with Crippen LogP contribution in [0.1, 0.15) is 78.9 Å². The van der Waals surface area contributed by atoms with Crippen molar-refractivity contribution in [3.05, 3.63) is 199 Å². The van der Waals surface area contributed by atoms with Crippen molar-refractivity contribution in [2.24, 2.45) is 5.92 Å². The molecule has 0 aliphatic heterocycles. The van der Waals surface area contributed by atoms with Gasteiger partial charge in [-0.3, -0.25) is 4.57 Å². The van der Waals surface area contributed by atoms with Gasteiger partial charge in [-0.1, -0.05) is 170 Å². The van der Waals surface area contributed by atoms with Gasteiger partial charge in [0.05, 0.1) is 23.6 Å². The second-order valence-electron chi connectivity index (χ2n) is 19.3. The summed E-state index contributed by atoms with van der Waals surface area (Å²) in [6.45, 7) is 17.7. The van der Waals surface area contributed by atoms with Gasteiger partial charge in [-0.2, -0.15) is 18.2 Å². The van der Waals surface area contributed by atoms with Gasteiger partial charge in [-0.25, -0.2) is 4.98 Å². The molecule has 0 N–H and O–H groups in total. The van der Waals surface area contributed by atoms with E-state index in [1.165, 1.54) is 5.56 Å². The zero-order valence-electron chi connectivity index (χ0n) is 43.5. The second kappa shape index (κ2) is 17.7. The van der Waals surface area contributed by atoms with E-state index in [9.17, 15) is 2.74 Å². The molecule has 7 aromatic carbocycles. The molecule has 0 aliphatic rings. The van der Waals surface area contributed by atoms with Gasteiger partial charge in [0, 0.05) is 44.3 Å². The molecule has 0 fully saturated rings. The third kappa shape index (κ3) is 8.54. The topological polar surface area (TPSA) is 35.9 Å². The van der Waals surface area contributed by atoms with Crippen molar-refractivity contribution in [3.8, 4) is 50.9 Å². The predicted octanol–water partition coefficient (Wildman–Crippen LogP) is 14.7. The van der Waals surface area contributed by atoms with Gasteiger partial charge in [0.25, 0.3) is 6.33 Å². The summed E-state index contributed by atoms with van der Waals surface area (Å²) >= 11 is 0. The number of pyridine rings is 1. The molecule has 0 amide bonds. The van der Waals surface area contributed by atoms with Crippen LogP contribution in [0.25, 0.3) is 72.3 Å². The van der Waals surface area contributed by atoms with Crippen LogP contribution < -0.4 is 9.30 Å². The van der Waals surface area contributed by atoms with Crippen LogP contribution in [0.15, 0.2) is 164 Å². The fourth-order valence-electron chi connectivity index (χ4n) is 8.75. The van der Waals surface area contributed by atoms with Crippen molar-refractivity contribution < 1.29 is 37.2 Å². The third-order valence-electron chi connectivity index (χ3n) is 12.0. The number of fused-ring (bicyclic) bond motifs is 4. The summed E-state index contributed by atoms with van der Waals surface area (Å²) in [6, 6.07) is 48.1. The molecule has 10 aromatic rings. The van der Waals surface area contributed by atoms with Crippen LogP contribution in [0, 0.1) is 24.4 Å². The zero-order chi connectivity index (χ0) is 49.4. The molecule has 10 rings (SSSR count). The van der Waals surface area contributed by atoms with Crippen LogP contribution in [0.5, 0.6) is 11.5 Å². The molecule has 3 aromatic heterocycles. The molecule has 0 atom stereocenters. The van der Waals surface area contributed by atoms with Crippen LogP contribution >= 0.6 is 0 Å². The molecule has 3 heterocycles. The fraction of sp³-hybridized carbons (Fsp3) is 0.200. The first-order valence-corrected chi connectivity index (χ1v) is 22.3. The average Bonchev–Trinajstić information content (AvgIpc) is 3.88. The summed E-state index contributed by atoms with van der Waals surface area (Å²) in [7, 11) is 0. The van der Waals surface area contributed by atoms with E-state index in [0.717, 1.165) is 67.3 Å². The SMILES string of the molecule is [2H]c1c([2H])c([2H])c(-c2cccc(-c3cc(C(C)(C)C)cc(C(C)(C)C)c3)c2-[n+]2[c-]n(-c3[c-]c(Oc4[c-]c5c(cc4)c4ccccc4n5-c4cc(CC(C)C)ccn4)ccc3)c3ccccc32)c([2H])c1[2H].[Pt]. The van der Waals surface area contributed by atoms with E-state index in [0.29, 0.717) is 34.4 Å². The summed E-state index contributed by atoms with van der Waals surface area (Å²) < 4.78 is 56.9. The number of ether oxygens (including phenoxy) is 1. The first kappa shape index (κ1) is 38.7. The molecule has 0 spiro atoms. The van der Waals surface area contributed by atoms with Gasteiger partial charge in [-0.05, 0) is 91.4 Å². The number of hydrogen-bond acceptors (Lipinski definition) is 2. The number of imidazole rings is 1. The average molecular weight is 1050 g/mol. The quantitative estimate of drug-likeness (QED) is 0.107. The molecule has 0 unspecified atom stereocenters. The number of para-hydroxylation sites is 4. The van der Waals surface area contributed by atoms with Gasteiger partial charge in [0.1, 0.15) is 5.82 Å². The van der Waals surface area contributed by atoms with Crippen molar-refractivity contribution in [1.82, 2.24) is 14.1 Å². The van der Waals surface area contributed by atoms with E-state index < -0.39 is 18.1 Å². The van der Waals surface area contributed by atoms with Crippen LogP contribution in [0.4, 0.5) is 0 Å². The molecule has 66 heavy (non-hydrogen) atoms. The molecule has 332 valence electrons. The number of nitrogens with zero attached hydrogens (tertiary/aromatic N) is 4. The first-order chi connectivity index (χ1) is 33.4. The van der Waals surface area contributed by atoms with E-state index in [-0.39, 0.29) is 49.5 Å². The number of aromatic nitrogens is 4. The molecule has 0 saturated carbocycles. The van der Waals surface area contributed by atoms with Crippen LogP contribution in [0.2, 0.25) is 0 Å². The second-order valence-corrected chi connectivity index (χ2v) is 19.3. The molecule has 6 heteroatoms. The van der Waals surface area contributed by atoms with Gasteiger partial charge in [0.2, 0.25) is 0 Å². The number of hydrogen-bond donors (Lipinski definition) is 0. The molecule has 0 aliphatic carbocycles. The molecule has 0 saturated heterocycles. The molecular formula is C60H54N4OPt-2. The van der Waals surface area contributed by atoms with Crippen molar-refractivity contribution in [3.63, 3.8) is 0 Å². The Kier molecular flexibility index (Phi) is 10.4. The number of benzene rings is 7. The molecule has 0 bridgehead atoms. The van der Waals surface area contributed by atoms with Crippen molar-refractivity contribution >= 4 is 32.8 Å². The standard InChI is InChI=1S/C60H54N4O.Pt/c1-40(2)32-41-30-31-61-57(33-41)64-53-25-13-12-22-51(53)52-29-28-48(38-56(52)64)65-47-21-16-20-46(37-47)62-39-63(55-27-15-14-26-54(55)62)58-49(42-18-10-9-11-19-42)23-17-24-50(58)43-34-44(59(3,4)5)36-45(35-43)60(6,7)8;/h9-31,33-36,40H,32H2,1-8H3;/q-2;/i9D,10D,11D,18D,19D;. The zero-order valence-corrected chi connectivity index (χ0v) is 40.8. The van der Waals surface area contributed by atoms with Gasteiger partial charge < -0.3 is 13.9 Å². The minimum Gasteiger partial charge on any atom is -0.510 e. The Morgan fingerprint density at radius 3 is 2.06 bits per heavy atom. The third-order valence-corrected chi connectivity index (χ3v) is 12.0. The summed E-state index contributed by atoms with van der Waals surface area (Å²) in [6.07, 6.45) is 6.48. The Morgan fingerprint density at radius 2 is 1.33 bits per heavy atom. The normalized spacial score (nSPS) is 13.1. The summed E-state index contributed by atoms with van der Waals surface area (Å²) in [4.78, 5) is 4.83. The maximum atomic E-state index is 9.19. The van der Waals surface area contributed by atoms with E-state index in [1.807, 2.05) is 94.2 Å². The Morgan fingerprint density at radius 1 is 0.667 bits per heavy atom. The van der Waals surface area contributed by atoms with Gasteiger partial charge in [-0.15, -0.1) is 29.7 Å². The van der Waals surface area contributed by atoms with Gasteiger partial charge in [0.15, 0.2) is 0 Å². The Hall–Kier alpha value is -6.55. The van der Waals surface area contributed by atoms with Crippen LogP contribution in [-0.2, 0) is 38.3 Å². The minimum absolute atomic E-state index is 0. The van der Waals surface area contributed by atoms with Crippen LogP contribution in [0.3, 0.4) is 0 Å². The molecular weight excluding hydrogens is 988 g/mol. The molecule has 0 radical (unpaired) electrons. The monoisotopic (exact) mass is 1050 g/mol. The van der Waals surface area contributed by atoms with E-state index in [1.54, 1.807) is 0 Å². The van der Waals surface area contributed by atoms with Crippen molar-refractivity contribution in [1.29, 1.82) is 0 Å². The van der Waals surface area contributed by atoms with Crippen molar-refractivity contribution in [2.75, 3.05) is 0 Å². The molecule has 5 nitrogen and oxygen atoms in total. The van der Waals surface area contributed by atoms with E-state index >= 15 is 0 Å². The van der Waals surface area contributed by atoms with Crippen LogP contribution in [-0.4, -0.2) is 14.1 Å². The van der Waals surface area contributed by atoms with E-state index in [2.05, 4.69) is 127 Å². The Bertz CT molecular complexity index is 3630. The summed E-state index contributed by atoms with van der Waals surface area (Å²) in [5, 5.41) is 2.14. The number of rotatable bonds is 9. The summed E-state index contributed by atoms with van der Waals surface area (Å²) in [5.41, 5.74) is 10.2. The fourth-order valence-corrected chi connectivity index (χ4v) is 8.75. The minimum atomic E-state index is -0.443. The Balaban J connectivity index is 0.00000624.